The molecule has 0 spiro atoms. The Hall–Kier alpha value is -3.91. The highest BCUT2D eigenvalue weighted by Gasteiger charge is 2.43. The zero-order chi connectivity index (χ0) is 23.7. The van der Waals surface area contributed by atoms with Crippen LogP contribution in [-0.4, -0.2) is 26.5 Å². The number of carbonyl (C=O) groups is 1. The lowest BCUT2D eigenvalue weighted by atomic mass is 10.0. The first kappa shape index (κ1) is 21.9. The summed E-state index contributed by atoms with van der Waals surface area (Å²) in [6.07, 6.45) is 1.67. The van der Waals surface area contributed by atoms with E-state index in [1.54, 1.807) is 54.7 Å². The van der Waals surface area contributed by atoms with Crippen molar-refractivity contribution in [3.63, 3.8) is 0 Å². The third-order valence-corrected chi connectivity index (χ3v) is 7.82. The van der Waals surface area contributed by atoms with Gasteiger partial charge in [0.05, 0.1) is 35.7 Å². The number of hydrogen-bond acceptors (Lipinski definition) is 6. The van der Waals surface area contributed by atoms with Gasteiger partial charge in [0.15, 0.2) is 0 Å². The van der Waals surface area contributed by atoms with Gasteiger partial charge in [0.2, 0.25) is 0 Å². The van der Waals surface area contributed by atoms with E-state index in [2.05, 4.69) is 4.98 Å². The fraction of sp³-hybridized carbons (Fsp3) is 0.154. The predicted octanol–water partition coefficient (Wildman–Crippen LogP) is 4.63. The molecule has 0 aliphatic carbocycles. The Kier molecular flexibility index (Phi) is 5.67. The second-order valence-electron chi connectivity index (χ2n) is 7.90. The van der Waals surface area contributed by atoms with Crippen molar-refractivity contribution in [2.24, 2.45) is 0 Å². The number of pyridine rings is 1. The molecule has 0 bridgehead atoms. The Morgan fingerprint density at radius 2 is 1.71 bits per heavy atom. The largest absolute Gasteiger partial charge is 0.489 e. The molecule has 1 aliphatic heterocycles. The quantitative estimate of drug-likeness (QED) is 0.379. The minimum atomic E-state index is -3.82. The summed E-state index contributed by atoms with van der Waals surface area (Å²) in [5.41, 5.74) is 2.93. The van der Waals surface area contributed by atoms with Gasteiger partial charge in [-0.15, -0.1) is 0 Å². The fourth-order valence-electron chi connectivity index (χ4n) is 4.27. The van der Waals surface area contributed by atoms with E-state index in [1.807, 2.05) is 30.3 Å². The highest BCUT2D eigenvalue weighted by Crippen LogP contribution is 2.44. The summed E-state index contributed by atoms with van der Waals surface area (Å²) in [6, 6.07) is 22.7. The molecule has 0 amide bonds. The molecule has 0 saturated carbocycles. The van der Waals surface area contributed by atoms with Gasteiger partial charge in [-0.2, -0.15) is 0 Å². The first-order valence-corrected chi connectivity index (χ1v) is 12.2. The lowest BCUT2D eigenvalue weighted by molar-refractivity contribution is -0.141. The molecule has 0 saturated heterocycles. The van der Waals surface area contributed by atoms with Gasteiger partial charge < -0.3 is 9.47 Å². The molecule has 1 aromatic heterocycles. The highest BCUT2D eigenvalue weighted by atomic mass is 32.2. The van der Waals surface area contributed by atoms with Gasteiger partial charge in [0, 0.05) is 17.1 Å². The van der Waals surface area contributed by atoms with Crippen molar-refractivity contribution in [1.82, 2.24) is 4.98 Å². The molecule has 4 aromatic rings. The van der Waals surface area contributed by atoms with E-state index in [0.29, 0.717) is 23.6 Å². The summed E-state index contributed by atoms with van der Waals surface area (Å²) in [4.78, 5) is 16.6. The molecule has 34 heavy (non-hydrogen) atoms. The van der Waals surface area contributed by atoms with Crippen molar-refractivity contribution >= 4 is 32.6 Å². The molecule has 3 aromatic carbocycles. The summed E-state index contributed by atoms with van der Waals surface area (Å²) in [7, 11) is -2.53. The van der Waals surface area contributed by atoms with Gasteiger partial charge in [-0.1, -0.05) is 36.4 Å². The Balaban J connectivity index is 1.41. The van der Waals surface area contributed by atoms with Crippen LogP contribution in [0, 0.1) is 0 Å². The molecule has 0 fully saturated rings. The van der Waals surface area contributed by atoms with Crippen LogP contribution in [-0.2, 0) is 26.2 Å². The Bertz CT molecular complexity index is 1460. The number of rotatable bonds is 6. The van der Waals surface area contributed by atoms with Crippen LogP contribution in [0.4, 0.5) is 5.69 Å². The molecular weight excluding hydrogens is 452 g/mol. The monoisotopic (exact) mass is 474 g/mol. The summed E-state index contributed by atoms with van der Waals surface area (Å²) in [5.74, 6) is 0.120. The number of benzene rings is 3. The van der Waals surface area contributed by atoms with Gasteiger partial charge in [-0.25, -0.2) is 8.42 Å². The molecule has 172 valence electrons. The second-order valence-corrected chi connectivity index (χ2v) is 9.69. The van der Waals surface area contributed by atoms with Crippen LogP contribution in [0.25, 0.3) is 10.9 Å². The van der Waals surface area contributed by atoms with E-state index in [4.69, 9.17) is 9.47 Å². The van der Waals surface area contributed by atoms with Crippen molar-refractivity contribution in [2.75, 3.05) is 11.4 Å². The standard InChI is InChI=1S/C26H22N2O5S/c1-32-26(29)16-24-22-7-3-5-9-25(22)34(30,31)28(24)19-10-12-20(13-11-19)33-17-18-14-15-27-23-8-4-2-6-21(18)23/h2-15,24H,16-17H2,1H3. The van der Waals surface area contributed by atoms with E-state index in [1.165, 1.54) is 11.4 Å². The topological polar surface area (TPSA) is 85.8 Å². The van der Waals surface area contributed by atoms with Crippen molar-refractivity contribution in [3.05, 3.63) is 96.2 Å². The minimum absolute atomic E-state index is 0.0832. The smallest absolute Gasteiger partial charge is 0.307 e. The molecule has 2 heterocycles. The maximum Gasteiger partial charge on any atom is 0.307 e. The van der Waals surface area contributed by atoms with Gasteiger partial charge in [-0.05, 0) is 48.0 Å². The van der Waals surface area contributed by atoms with Crippen molar-refractivity contribution in [2.45, 2.75) is 24.0 Å². The van der Waals surface area contributed by atoms with Gasteiger partial charge in [0.25, 0.3) is 10.0 Å². The van der Waals surface area contributed by atoms with Gasteiger partial charge in [-0.3, -0.25) is 14.1 Å². The number of hydrogen-bond donors (Lipinski definition) is 0. The molecule has 1 aliphatic rings. The maximum atomic E-state index is 13.3. The van der Waals surface area contributed by atoms with E-state index < -0.39 is 22.0 Å². The zero-order valence-electron chi connectivity index (χ0n) is 18.4. The fourth-order valence-corrected chi connectivity index (χ4v) is 6.16. The summed E-state index contributed by atoms with van der Waals surface area (Å²) < 4.78 is 38.7. The number of methoxy groups -OCH3 is 1. The van der Waals surface area contributed by atoms with Crippen LogP contribution in [0.2, 0.25) is 0 Å². The molecule has 1 unspecified atom stereocenters. The molecule has 0 N–H and O–H groups in total. The zero-order valence-corrected chi connectivity index (χ0v) is 19.2. The Morgan fingerprint density at radius 1 is 0.971 bits per heavy atom. The number of para-hydroxylation sites is 1. The number of ether oxygens (including phenoxy) is 2. The van der Waals surface area contributed by atoms with Crippen LogP contribution in [0.15, 0.2) is 90.0 Å². The lowest BCUT2D eigenvalue weighted by Crippen LogP contribution is -2.29. The summed E-state index contributed by atoms with van der Waals surface area (Å²) in [5, 5.41) is 1.02. The van der Waals surface area contributed by atoms with Gasteiger partial charge >= 0.3 is 5.97 Å². The minimum Gasteiger partial charge on any atom is -0.489 e. The molecule has 0 radical (unpaired) electrons. The number of aromatic nitrogens is 1. The number of carbonyl (C=O) groups excluding carboxylic acids is 1. The van der Waals surface area contributed by atoms with Crippen molar-refractivity contribution < 1.29 is 22.7 Å². The normalized spacial score (nSPS) is 16.3. The number of sulfonamides is 1. The third kappa shape index (κ3) is 3.86. The summed E-state index contributed by atoms with van der Waals surface area (Å²) in [6.45, 7) is 0.348. The molecule has 1 atom stereocenters. The first-order valence-electron chi connectivity index (χ1n) is 10.7. The first-order chi connectivity index (χ1) is 16.5. The van der Waals surface area contributed by atoms with E-state index in [0.717, 1.165) is 16.5 Å². The number of fused-ring (bicyclic) bond motifs is 2. The molecular formula is C26H22N2O5S. The van der Waals surface area contributed by atoms with Gasteiger partial charge in [0.1, 0.15) is 12.4 Å². The lowest BCUT2D eigenvalue weighted by Gasteiger charge is -2.25. The average Bonchev–Trinajstić information content (AvgIpc) is 3.09. The maximum absolute atomic E-state index is 13.3. The third-order valence-electron chi connectivity index (χ3n) is 5.91. The van der Waals surface area contributed by atoms with E-state index >= 15 is 0 Å². The Labute approximate surface area is 197 Å². The highest BCUT2D eigenvalue weighted by molar-refractivity contribution is 7.93. The van der Waals surface area contributed by atoms with E-state index in [9.17, 15) is 13.2 Å². The van der Waals surface area contributed by atoms with Crippen molar-refractivity contribution in [3.8, 4) is 5.75 Å². The van der Waals surface area contributed by atoms with Crippen LogP contribution in [0.3, 0.4) is 0 Å². The average molecular weight is 475 g/mol. The number of nitrogens with zero attached hydrogens (tertiary/aromatic N) is 2. The van der Waals surface area contributed by atoms with Crippen LogP contribution < -0.4 is 9.04 Å². The number of esters is 1. The molecule has 5 rings (SSSR count). The van der Waals surface area contributed by atoms with Crippen LogP contribution in [0.1, 0.15) is 23.6 Å². The van der Waals surface area contributed by atoms with E-state index in [-0.39, 0.29) is 11.3 Å². The molecule has 8 heteroatoms. The summed E-state index contributed by atoms with van der Waals surface area (Å²) >= 11 is 0. The SMILES string of the molecule is COC(=O)CC1c2ccccc2S(=O)(=O)N1c1ccc(OCc2ccnc3ccccc23)cc1. The van der Waals surface area contributed by atoms with Crippen LogP contribution >= 0.6 is 0 Å². The van der Waals surface area contributed by atoms with Crippen molar-refractivity contribution in [1.29, 1.82) is 0 Å². The molecule has 7 nitrogen and oxygen atoms in total. The number of anilines is 1. The Morgan fingerprint density at radius 3 is 2.50 bits per heavy atom. The second kappa shape index (κ2) is 8.79. The predicted molar refractivity (Wildman–Crippen MR) is 128 cm³/mol. The van der Waals surface area contributed by atoms with Crippen LogP contribution in [0.5, 0.6) is 5.75 Å².